The summed E-state index contributed by atoms with van der Waals surface area (Å²) in [4.78, 5) is 10.8. The van der Waals surface area contributed by atoms with E-state index in [1.807, 2.05) is 0 Å². The number of hydrogen-bond acceptors (Lipinski definition) is 2. The van der Waals surface area contributed by atoms with Crippen molar-refractivity contribution in [2.75, 3.05) is 11.9 Å². The maximum atomic E-state index is 10.8. The van der Waals surface area contributed by atoms with Gasteiger partial charge in [0.05, 0.1) is 0 Å². The first-order valence-electron chi connectivity index (χ1n) is 6.34. The SMILES string of the molecule is CC(=O)CCCNc1cc(C(C)C)ccc1C. The smallest absolute Gasteiger partial charge is 0.129 e. The molecule has 0 aliphatic heterocycles. The first-order chi connectivity index (χ1) is 8.00. The van der Waals surface area contributed by atoms with Gasteiger partial charge in [0.2, 0.25) is 0 Å². The van der Waals surface area contributed by atoms with Gasteiger partial charge < -0.3 is 10.1 Å². The van der Waals surface area contributed by atoms with Gasteiger partial charge in [-0.2, -0.15) is 0 Å². The fourth-order valence-corrected chi connectivity index (χ4v) is 1.75. The van der Waals surface area contributed by atoms with Crippen molar-refractivity contribution in [2.24, 2.45) is 0 Å². The van der Waals surface area contributed by atoms with Crippen LogP contribution in [0.3, 0.4) is 0 Å². The standard InChI is InChI=1S/C15H23NO/c1-11(2)14-8-7-12(3)15(10-14)16-9-5-6-13(4)17/h7-8,10-11,16H,5-6,9H2,1-4H3. The van der Waals surface area contributed by atoms with E-state index < -0.39 is 0 Å². The van der Waals surface area contributed by atoms with E-state index in [1.54, 1.807) is 6.92 Å². The molecule has 1 aromatic rings. The molecular formula is C15H23NO. The van der Waals surface area contributed by atoms with Crippen molar-refractivity contribution in [2.45, 2.75) is 46.5 Å². The Hall–Kier alpha value is -1.31. The molecule has 0 bridgehead atoms. The molecule has 1 aromatic carbocycles. The van der Waals surface area contributed by atoms with Crippen LogP contribution in [0.2, 0.25) is 0 Å². The molecule has 17 heavy (non-hydrogen) atoms. The fraction of sp³-hybridized carbons (Fsp3) is 0.533. The molecule has 0 heterocycles. The minimum absolute atomic E-state index is 0.263. The lowest BCUT2D eigenvalue weighted by molar-refractivity contribution is -0.117. The average Bonchev–Trinajstić information content (AvgIpc) is 2.25. The molecule has 1 N–H and O–H groups in total. The van der Waals surface area contributed by atoms with Crippen molar-refractivity contribution in [3.05, 3.63) is 29.3 Å². The van der Waals surface area contributed by atoms with E-state index in [0.29, 0.717) is 12.3 Å². The van der Waals surface area contributed by atoms with Gasteiger partial charge in [-0.05, 0) is 43.4 Å². The summed E-state index contributed by atoms with van der Waals surface area (Å²) in [5.41, 5.74) is 3.81. The van der Waals surface area contributed by atoms with Crippen molar-refractivity contribution >= 4 is 11.5 Å². The third-order valence-electron chi connectivity index (χ3n) is 2.95. The summed E-state index contributed by atoms with van der Waals surface area (Å²) in [5.74, 6) is 0.813. The van der Waals surface area contributed by atoms with Gasteiger partial charge in [0.25, 0.3) is 0 Å². The van der Waals surface area contributed by atoms with Crippen LogP contribution in [-0.2, 0) is 4.79 Å². The minimum atomic E-state index is 0.263. The van der Waals surface area contributed by atoms with E-state index in [0.717, 1.165) is 13.0 Å². The van der Waals surface area contributed by atoms with Gasteiger partial charge in [0.15, 0.2) is 0 Å². The number of hydrogen-bond donors (Lipinski definition) is 1. The number of carbonyl (C=O) groups excluding carboxylic acids is 1. The van der Waals surface area contributed by atoms with Gasteiger partial charge in [-0.25, -0.2) is 0 Å². The minimum Gasteiger partial charge on any atom is -0.385 e. The molecule has 0 radical (unpaired) electrons. The summed E-state index contributed by atoms with van der Waals surface area (Å²) in [5, 5.41) is 3.41. The molecule has 94 valence electrons. The van der Waals surface area contributed by atoms with Gasteiger partial charge in [-0.15, -0.1) is 0 Å². The normalized spacial score (nSPS) is 10.6. The van der Waals surface area contributed by atoms with Crippen LogP contribution in [-0.4, -0.2) is 12.3 Å². The maximum Gasteiger partial charge on any atom is 0.129 e. The topological polar surface area (TPSA) is 29.1 Å². The van der Waals surface area contributed by atoms with Crippen LogP contribution in [0.15, 0.2) is 18.2 Å². The molecule has 0 spiro atoms. The number of rotatable bonds is 6. The quantitative estimate of drug-likeness (QED) is 0.755. The van der Waals surface area contributed by atoms with E-state index in [2.05, 4.69) is 44.3 Å². The average molecular weight is 233 g/mol. The first-order valence-corrected chi connectivity index (χ1v) is 6.34. The summed E-state index contributed by atoms with van der Waals surface area (Å²) < 4.78 is 0. The van der Waals surface area contributed by atoms with Crippen LogP contribution in [0, 0.1) is 6.92 Å². The van der Waals surface area contributed by atoms with Crippen LogP contribution in [0.5, 0.6) is 0 Å². The molecule has 0 aliphatic rings. The Balaban J connectivity index is 2.57. The van der Waals surface area contributed by atoms with Gasteiger partial charge in [0.1, 0.15) is 5.78 Å². The van der Waals surface area contributed by atoms with Crippen LogP contribution >= 0.6 is 0 Å². The molecule has 0 unspecified atom stereocenters. The van der Waals surface area contributed by atoms with Crippen molar-refractivity contribution in [3.8, 4) is 0 Å². The number of Topliss-reactive ketones (excluding diaryl/α,β-unsaturated/α-hetero) is 1. The van der Waals surface area contributed by atoms with Crippen molar-refractivity contribution in [1.82, 2.24) is 0 Å². The summed E-state index contributed by atoms with van der Waals surface area (Å²) >= 11 is 0. The second kappa shape index (κ2) is 6.43. The molecule has 0 saturated heterocycles. The largest absolute Gasteiger partial charge is 0.385 e. The molecule has 0 aromatic heterocycles. The first kappa shape index (κ1) is 13.8. The Morgan fingerprint density at radius 2 is 2.06 bits per heavy atom. The lowest BCUT2D eigenvalue weighted by Gasteiger charge is -2.13. The van der Waals surface area contributed by atoms with Crippen LogP contribution in [0.1, 0.15) is 50.7 Å². The highest BCUT2D eigenvalue weighted by Crippen LogP contribution is 2.22. The highest BCUT2D eigenvalue weighted by molar-refractivity contribution is 5.75. The Bertz CT molecular complexity index is 383. The number of carbonyl (C=O) groups is 1. The summed E-state index contributed by atoms with van der Waals surface area (Å²) in [6.45, 7) is 9.01. The van der Waals surface area contributed by atoms with Crippen molar-refractivity contribution in [3.63, 3.8) is 0 Å². The molecule has 0 aliphatic carbocycles. The maximum absolute atomic E-state index is 10.8. The van der Waals surface area contributed by atoms with Crippen LogP contribution in [0.4, 0.5) is 5.69 Å². The predicted octanol–water partition coefficient (Wildman–Crippen LogP) is 3.90. The fourth-order valence-electron chi connectivity index (χ4n) is 1.75. The molecular weight excluding hydrogens is 210 g/mol. The van der Waals surface area contributed by atoms with E-state index in [-0.39, 0.29) is 5.78 Å². The molecule has 2 heteroatoms. The van der Waals surface area contributed by atoms with Gasteiger partial charge in [-0.3, -0.25) is 0 Å². The van der Waals surface area contributed by atoms with Crippen LogP contribution in [0.25, 0.3) is 0 Å². The zero-order valence-corrected chi connectivity index (χ0v) is 11.3. The zero-order valence-electron chi connectivity index (χ0n) is 11.3. The highest BCUT2D eigenvalue weighted by atomic mass is 16.1. The molecule has 2 nitrogen and oxygen atoms in total. The Morgan fingerprint density at radius 3 is 2.65 bits per heavy atom. The number of ketones is 1. The van der Waals surface area contributed by atoms with E-state index in [1.165, 1.54) is 16.8 Å². The monoisotopic (exact) mass is 233 g/mol. The summed E-state index contributed by atoms with van der Waals surface area (Å²) in [6.07, 6.45) is 1.57. The summed E-state index contributed by atoms with van der Waals surface area (Å²) in [6, 6.07) is 6.55. The Morgan fingerprint density at radius 1 is 1.35 bits per heavy atom. The van der Waals surface area contributed by atoms with Crippen molar-refractivity contribution in [1.29, 1.82) is 0 Å². The molecule has 0 fully saturated rings. The lowest BCUT2D eigenvalue weighted by Crippen LogP contribution is -2.05. The van der Waals surface area contributed by atoms with E-state index in [9.17, 15) is 4.79 Å². The predicted molar refractivity (Wildman–Crippen MR) is 73.7 cm³/mol. The summed E-state index contributed by atoms with van der Waals surface area (Å²) in [7, 11) is 0. The Kier molecular flexibility index (Phi) is 5.20. The van der Waals surface area contributed by atoms with Gasteiger partial charge >= 0.3 is 0 Å². The number of nitrogens with one attached hydrogen (secondary N) is 1. The molecule has 1 rings (SSSR count). The molecule has 0 saturated carbocycles. The van der Waals surface area contributed by atoms with E-state index in [4.69, 9.17) is 0 Å². The van der Waals surface area contributed by atoms with Gasteiger partial charge in [-0.1, -0.05) is 26.0 Å². The van der Waals surface area contributed by atoms with Crippen molar-refractivity contribution < 1.29 is 4.79 Å². The lowest BCUT2D eigenvalue weighted by atomic mass is 10.0. The molecule has 0 amide bonds. The second-order valence-corrected chi connectivity index (χ2v) is 4.96. The zero-order chi connectivity index (χ0) is 12.8. The van der Waals surface area contributed by atoms with Gasteiger partial charge in [0, 0.05) is 18.7 Å². The number of aryl methyl sites for hydroxylation is 1. The van der Waals surface area contributed by atoms with Crippen LogP contribution < -0.4 is 5.32 Å². The number of benzene rings is 1. The number of anilines is 1. The highest BCUT2D eigenvalue weighted by Gasteiger charge is 2.03. The van der Waals surface area contributed by atoms with E-state index >= 15 is 0 Å². The molecule has 0 atom stereocenters. The Labute approximate surface area is 104 Å². The second-order valence-electron chi connectivity index (χ2n) is 4.96. The third-order valence-corrected chi connectivity index (χ3v) is 2.95. The third kappa shape index (κ3) is 4.59.